The number of aliphatic hydroxyl groups excluding tert-OH is 1. The van der Waals surface area contributed by atoms with E-state index in [-0.39, 0.29) is 11.5 Å². The fourth-order valence-electron chi connectivity index (χ4n) is 1.57. The van der Waals surface area contributed by atoms with E-state index < -0.39 is 0 Å². The second-order valence-electron chi connectivity index (χ2n) is 5.59. The number of rotatable bonds is 6. The molecule has 1 rings (SSSR count). The highest BCUT2D eigenvalue weighted by molar-refractivity contribution is 5.28. The minimum absolute atomic E-state index is 0.0832. The first-order chi connectivity index (χ1) is 8.43. The van der Waals surface area contributed by atoms with Gasteiger partial charge in [-0.05, 0) is 30.0 Å². The van der Waals surface area contributed by atoms with Gasteiger partial charge in [-0.15, -0.1) is 0 Å². The third-order valence-electron chi connectivity index (χ3n) is 2.88. The molecule has 0 radical (unpaired) electrons. The SMILES string of the molecule is CCOc1cccc(CNCC(O)C(C)(C)C)c1. The fourth-order valence-corrected chi connectivity index (χ4v) is 1.57. The van der Waals surface area contributed by atoms with E-state index in [4.69, 9.17) is 4.74 Å². The van der Waals surface area contributed by atoms with Crippen molar-refractivity contribution in [1.29, 1.82) is 0 Å². The molecule has 0 aliphatic rings. The first kappa shape index (κ1) is 15.0. The molecule has 102 valence electrons. The number of nitrogens with one attached hydrogen (secondary N) is 1. The van der Waals surface area contributed by atoms with Crippen LogP contribution >= 0.6 is 0 Å². The summed E-state index contributed by atoms with van der Waals surface area (Å²) < 4.78 is 5.45. The maximum absolute atomic E-state index is 9.92. The number of benzene rings is 1. The summed E-state index contributed by atoms with van der Waals surface area (Å²) in [5.74, 6) is 0.896. The zero-order chi connectivity index (χ0) is 13.6. The van der Waals surface area contributed by atoms with E-state index in [1.807, 2.05) is 45.9 Å². The lowest BCUT2D eigenvalue weighted by Gasteiger charge is -2.26. The Bertz CT molecular complexity index is 358. The minimum atomic E-state index is -0.340. The zero-order valence-corrected chi connectivity index (χ0v) is 11.9. The molecule has 0 spiro atoms. The van der Waals surface area contributed by atoms with Crippen molar-refractivity contribution in [1.82, 2.24) is 5.32 Å². The number of hydrogen-bond acceptors (Lipinski definition) is 3. The molecular weight excluding hydrogens is 226 g/mol. The second-order valence-corrected chi connectivity index (χ2v) is 5.59. The topological polar surface area (TPSA) is 41.5 Å². The van der Waals surface area contributed by atoms with E-state index in [0.29, 0.717) is 13.2 Å². The van der Waals surface area contributed by atoms with Gasteiger partial charge in [-0.3, -0.25) is 0 Å². The van der Waals surface area contributed by atoms with Crippen LogP contribution in [0.1, 0.15) is 33.3 Å². The van der Waals surface area contributed by atoms with Crippen LogP contribution < -0.4 is 10.1 Å². The monoisotopic (exact) mass is 251 g/mol. The molecule has 2 N–H and O–H groups in total. The normalized spacial score (nSPS) is 13.4. The first-order valence-corrected chi connectivity index (χ1v) is 6.54. The predicted octanol–water partition coefficient (Wildman–Crippen LogP) is 2.58. The Morgan fingerprint density at radius 1 is 1.33 bits per heavy atom. The number of ether oxygens (including phenoxy) is 1. The quantitative estimate of drug-likeness (QED) is 0.816. The smallest absolute Gasteiger partial charge is 0.119 e. The molecule has 0 amide bonds. The largest absolute Gasteiger partial charge is 0.494 e. The third kappa shape index (κ3) is 5.07. The lowest BCUT2D eigenvalue weighted by Crippen LogP contribution is -2.36. The molecule has 0 heterocycles. The molecule has 1 atom stereocenters. The van der Waals surface area contributed by atoms with Crippen LogP contribution in [0.25, 0.3) is 0 Å². The lowest BCUT2D eigenvalue weighted by molar-refractivity contribution is 0.0627. The van der Waals surface area contributed by atoms with Crippen LogP contribution in [0, 0.1) is 5.41 Å². The van der Waals surface area contributed by atoms with E-state index >= 15 is 0 Å². The van der Waals surface area contributed by atoms with Gasteiger partial charge in [-0.1, -0.05) is 32.9 Å². The summed E-state index contributed by atoms with van der Waals surface area (Å²) >= 11 is 0. The summed E-state index contributed by atoms with van der Waals surface area (Å²) in [5.41, 5.74) is 1.09. The highest BCUT2D eigenvalue weighted by Crippen LogP contribution is 2.18. The van der Waals surface area contributed by atoms with Gasteiger partial charge in [-0.2, -0.15) is 0 Å². The molecule has 0 saturated heterocycles. The van der Waals surface area contributed by atoms with Crippen molar-refractivity contribution in [3.8, 4) is 5.75 Å². The van der Waals surface area contributed by atoms with Gasteiger partial charge in [-0.25, -0.2) is 0 Å². The average molecular weight is 251 g/mol. The van der Waals surface area contributed by atoms with E-state index in [1.54, 1.807) is 0 Å². The van der Waals surface area contributed by atoms with Crippen molar-refractivity contribution in [2.75, 3.05) is 13.2 Å². The van der Waals surface area contributed by atoms with E-state index in [0.717, 1.165) is 12.3 Å². The van der Waals surface area contributed by atoms with Crippen molar-refractivity contribution in [2.24, 2.45) is 5.41 Å². The van der Waals surface area contributed by atoms with Crippen LogP contribution in [0.4, 0.5) is 0 Å². The molecule has 0 fully saturated rings. The molecule has 3 nitrogen and oxygen atoms in total. The van der Waals surface area contributed by atoms with E-state index in [1.165, 1.54) is 5.56 Å². The zero-order valence-electron chi connectivity index (χ0n) is 11.9. The van der Waals surface area contributed by atoms with Crippen LogP contribution in [0.2, 0.25) is 0 Å². The van der Waals surface area contributed by atoms with Crippen molar-refractivity contribution in [3.63, 3.8) is 0 Å². The Morgan fingerprint density at radius 2 is 2.06 bits per heavy atom. The van der Waals surface area contributed by atoms with Gasteiger partial charge in [0.1, 0.15) is 5.75 Å². The predicted molar refractivity (Wildman–Crippen MR) is 74.8 cm³/mol. The molecule has 3 heteroatoms. The molecule has 1 aromatic rings. The fraction of sp³-hybridized carbons (Fsp3) is 0.600. The molecule has 0 bridgehead atoms. The molecule has 0 aliphatic carbocycles. The van der Waals surface area contributed by atoms with Gasteiger partial charge in [0.15, 0.2) is 0 Å². The average Bonchev–Trinajstić information content (AvgIpc) is 2.28. The highest BCUT2D eigenvalue weighted by Gasteiger charge is 2.21. The van der Waals surface area contributed by atoms with Crippen LogP contribution in [0.5, 0.6) is 5.75 Å². The van der Waals surface area contributed by atoms with Crippen molar-refractivity contribution >= 4 is 0 Å². The van der Waals surface area contributed by atoms with Crippen molar-refractivity contribution in [3.05, 3.63) is 29.8 Å². The molecule has 1 aromatic carbocycles. The molecule has 1 unspecified atom stereocenters. The summed E-state index contributed by atoms with van der Waals surface area (Å²) in [5, 5.41) is 13.2. The van der Waals surface area contributed by atoms with Crippen molar-refractivity contribution in [2.45, 2.75) is 40.3 Å². The Balaban J connectivity index is 2.42. The molecule has 18 heavy (non-hydrogen) atoms. The van der Waals surface area contributed by atoms with E-state index in [9.17, 15) is 5.11 Å². The van der Waals surface area contributed by atoms with Crippen LogP contribution in [-0.4, -0.2) is 24.4 Å². The summed E-state index contributed by atoms with van der Waals surface area (Å²) in [7, 11) is 0. The summed E-state index contributed by atoms with van der Waals surface area (Å²) in [6.45, 7) is 10.1. The summed E-state index contributed by atoms with van der Waals surface area (Å²) in [4.78, 5) is 0. The minimum Gasteiger partial charge on any atom is -0.494 e. The summed E-state index contributed by atoms with van der Waals surface area (Å²) in [6, 6.07) is 8.03. The second kappa shape index (κ2) is 6.76. The van der Waals surface area contributed by atoms with Gasteiger partial charge in [0, 0.05) is 13.1 Å². The number of hydrogen-bond donors (Lipinski definition) is 2. The van der Waals surface area contributed by atoms with Gasteiger partial charge in [0.05, 0.1) is 12.7 Å². The lowest BCUT2D eigenvalue weighted by atomic mass is 9.89. The number of aliphatic hydroxyl groups is 1. The molecule has 0 aromatic heterocycles. The Hall–Kier alpha value is -1.06. The Morgan fingerprint density at radius 3 is 2.67 bits per heavy atom. The standard InChI is InChI=1S/C15H25NO2/c1-5-18-13-8-6-7-12(9-13)10-16-11-14(17)15(2,3)4/h6-9,14,16-17H,5,10-11H2,1-4H3. The molecular formula is C15H25NO2. The summed E-state index contributed by atoms with van der Waals surface area (Å²) in [6.07, 6.45) is -0.340. The molecule has 0 aliphatic heterocycles. The van der Waals surface area contributed by atoms with Crippen LogP contribution in [0.15, 0.2) is 24.3 Å². The highest BCUT2D eigenvalue weighted by atomic mass is 16.5. The Kier molecular flexibility index (Phi) is 5.63. The van der Waals surface area contributed by atoms with Crippen LogP contribution in [-0.2, 0) is 6.54 Å². The van der Waals surface area contributed by atoms with Gasteiger partial charge in [0.25, 0.3) is 0 Å². The van der Waals surface area contributed by atoms with Gasteiger partial charge < -0.3 is 15.2 Å². The maximum atomic E-state index is 9.92. The van der Waals surface area contributed by atoms with Gasteiger partial charge in [0.2, 0.25) is 0 Å². The third-order valence-corrected chi connectivity index (χ3v) is 2.88. The van der Waals surface area contributed by atoms with Crippen LogP contribution in [0.3, 0.4) is 0 Å². The van der Waals surface area contributed by atoms with Gasteiger partial charge >= 0.3 is 0 Å². The first-order valence-electron chi connectivity index (χ1n) is 6.54. The van der Waals surface area contributed by atoms with Crippen molar-refractivity contribution < 1.29 is 9.84 Å². The Labute approximate surface area is 110 Å². The van der Waals surface area contributed by atoms with E-state index in [2.05, 4.69) is 11.4 Å². The maximum Gasteiger partial charge on any atom is 0.119 e. The molecule has 0 saturated carbocycles.